The Kier molecular flexibility index (Phi) is 3.93. The lowest BCUT2D eigenvalue weighted by atomic mass is 10.2. The number of aliphatic hydroxyl groups excluding tert-OH is 1. The van der Waals surface area contributed by atoms with Crippen LogP contribution in [0.15, 0.2) is 6.20 Å². The molecule has 4 N–H and O–H groups in total. The number of carbonyl (C=O) groups excluding carboxylic acids is 1. The number of aliphatic hydroxyl groups is 1. The predicted octanol–water partition coefficient (Wildman–Crippen LogP) is -1.02. The van der Waals surface area contributed by atoms with E-state index < -0.39 is 12.1 Å². The van der Waals surface area contributed by atoms with Crippen LogP contribution in [-0.2, 0) is 0 Å². The Labute approximate surface area is 85.5 Å². The molecule has 2 atom stereocenters. The molecule has 0 saturated carbocycles. The van der Waals surface area contributed by atoms with Gasteiger partial charge in [-0.15, -0.1) is 0 Å². The summed E-state index contributed by atoms with van der Waals surface area (Å²) in [4.78, 5) is 11.3. The summed E-state index contributed by atoms with van der Waals surface area (Å²) in [5.74, 6) is -0.324. The highest BCUT2D eigenvalue weighted by molar-refractivity contribution is 6.99. The van der Waals surface area contributed by atoms with Crippen LogP contribution in [0.1, 0.15) is 17.4 Å². The molecule has 0 aliphatic carbocycles. The van der Waals surface area contributed by atoms with Crippen LogP contribution < -0.4 is 11.1 Å². The van der Waals surface area contributed by atoms with Crippen LogP contribution in [0, 0.1) is 0 Å². The van der Waals surface area contributed by atoms with Crippen molar-refractivity contribution >= 4 is 17.6 Å². The zero-order valence-electron chi connectivity index (χ0n) is 7.67. The van der Waals surface area contributed by atoms with Gasteiger partial charge in [-0.25, -0.2) is 0 Å². The molecular formula is C7H12N4O2S. The summed E-state index contributed by atoms with van der Waals surface area (Å²) in [5, 5.41) is 11.6. The summed E-state index contributed by atoms with van der Waals surface area (Å²) in [7, 11) is 0. The first-order valence-electron chi connectivity index (χ1n) is 4.10. The molecule has 0 radical (unpaired) electrons. The summed E-state index contributed by atoms with van der Waals surface area (Å²) in [6.07, 6.45) is 0.734. The third-order valence-electron chi connectivity index (χ3n) is 1.71. The average Bonchev–Trinajstić information content (AvgIpc) is 2.66. The van der Waals surface area contributed by atoms with Crippen molar-refractivity contribution in [2.45, 2.75) is 19.1 Å². The molecule has 0 aliphatic heterocycles. The number of nitrogens with two attached hydrogens (primary N) is 1. The second-order valence-corrected chi connectivity index (χ2v) is 3.46. The van der Waals surface area contributed by atoms with Crippen LogP contribution in [-0.4, -0.2) is 38.5 Å². The monoisotopic (exact) mass is 216 g/mol. The lowest BCUT2D eigenvalue weighted by Gasteiger charge is -2.14. The lowest BCUT2D eigenvalue weighted by Crippen LogP contribution is -2.43. The van der Waals surface area contributed by atoms with E-state index in [0.29, 0.717) is 0 Å². The highest BCUT2D eigenvalue weighted by Crippen LogP contribution is 1.94. The Hall–Kier alpha value is -1.05. The first kappa shape index (κ1) is 11.0. The smallest absolute Gasteiger partial charge is 0.272 e. The quantitative estimate of drug-likeness (QED) is 0.597. The number of nitrogens with zero attached hydrogens (tertiary/aromatic N) is 2. The first-order valence-corrected chi connectivity index (χ1v) is 4.83. The Bertz CT molecular complexity index is 288. The number of hydrogen-bond acceptors (Lipinski definition) is 6. The van der Waals surface area contributed by atoms with Gasteiger partial charge in [-0.1, -0.05) is 0 Å². The van der Waals surface area contributed by atoms with E-state index >= 15 is 0 Å². The molecule has 1 rings (SSSR count). The summed E-state index contributed by atoms with van der Waals surface area (Å²) in [6.45, 7) is 1.79. The molecule has 14 heavy (non-hydrogen) atoms. The van der Waals surface area contributed by atoms with Crippen LogP contribution in [0.2, 0.25) is 0 Å². The highest BCUT2D eigenvalue weighted by atomic mass is 32.1. The maximum Gasteiger partial charge on any atom is 0.272 e. The Morgan fingerprint density at radius 1 is 1.86 bits per heavy atom. The molecular weight excluding hydrogens is 204 g/mol. The SMILES string of the molecule is CC(O)C(N)CNC(=O)c1cnsn1. The molecule has 2 unspecified atom stereocenters. The molecule has 1 heterocycles. The fourth-order valence-electron chi connectivity index (χ4n) is 0.736. The molecule has 1 amide bonds. The van der Waals surface area contributed by atoms with Crippen LogP contribution in [0.4, 0.5) is 0 Å². The standard InChI is InChI=1S/C7H12N4O2S/c1-4(12)5(8)2-9-7(13)6-3-10-14-11-6/h3-5,12H,2,8H2,1H3,(H,9,13). The number of amides is 1. The maximum atomic E-state index is 11.3. The number of aromatic nitrogens is 2. The number of hydrogen-bond donors (Lipinski definition) is 3. The zero-order chi connectivity index (χ0) is 10.6. The molecule has 0 saturated heterocycles. The van der Waals surface area contributed by atoms with E-state index in [-0.39, 0.29) is 18.1 Å². The van der Waals surface area contributed by atoms with Gasteiger partial charge in [-0.05, 0) is 6.92 Å². The molecule has 1 aromatic rings. The molecule has 6 nitrogen and oxygen atoms in total. The first-order chi connectivity index (χ1) is 6.61. The summed E-state index contributed by atoms with van der Waals surface area (Å²) < 4.78 is 7.45. The van der Waals surface area contributed by atoms with E-state index in [1.165, 1.54) is 6.20 Å². The van der Waals surface area contributed by atoms with E-state index in [9.17, 15) is 4.79 Å². The molecule has 0 aliphatic rings. The van der Waals surface area contributed by atoms with Gasteiger partial charge >= 0.3 is 0 Å². The van der Waals surface area contributed by atoms with Crippen molar-refractivity contribution in [2.75, 3.05) is 6.54 Å². The van der Waals surface area contributed by atoms with Gasteiger partial charge in [-0.2, -0.15) is 8.75 Å². The Morgan fingerprint density at radius 2 is 2.57 bits per heavy atom. The minimum atomic E-state index is -0.649. The lowest BCUT2D eigenvalue weighted by molar-refractivity contribution is 0.0933. The fourth-order valence-corrected chi connectivity index (χ4v) is 1.15. The summed E-state index contributed by atoms with van der Waals surface area (Å²) in [6, 6.07) is -0.467. The maximum absolute atomic E-state index is 11.3. The highest BCUT2D eigenvalue weighted by Gasteiger charge is 2.13. The van der Waals surface area contributed by atoms with Gasteiger partial charge in [0.15, 0.2) is 5.69 Å². The predicted molar refractivity (Wildman–Crippen MR) is 51.9 cm³/mol. The van der Waals surface area contributed by atoms with E-state index in [0.717, 1.165) is 11.7 Å². The molecule has 7 heteroatoms. The summed E-state index contributed by atoms with van der Waals surface area (Å²) in [5.41, 5.74) is 5.79. The average molecular weight is 216 g/mol. The zero-order valence-corrected chi connectivity index (χ0v) is 8.49. The van der Waals surface area contributed by atoms with Crippen molar-refractivity contribution < 1.29 is 9.90 Å². The van der Waals surface area contributed by atoms with E-state index in [4.69, 9.17) is 10.8 Å². The topological polar surface area (TPSA) is 101 Å². The molecule has 1 aromatic heterocycles. The van der Waals surface area contributed by atoms with Crippen molar-refractivity contribution in [1.82, 2.24) is 14.1 Å². The van der Waals surface area contributed by atoms with Gasteiger partial charge < -0.3 is 16.2 Å². The van der Waals surface area contributed by atoms with E-state index in [2.05, 4.69) is 14.1 Å². The second kappa shape index (κ2) is 4.99. The van der Waals surface area contributed by atoms with Gasteiger partial charge in [0.25, 0.3) is 5.91 Å². The van der Waals surface area contributed by atoms with Crippen LogP contribution >= 0.6 is 11.7 Å². The molecule has 0 spiro atoms. The number of carbonyl (C=O) groups is 1. The minimum absolute atomic E-state index is 0.216. The van der Waals surface area contributed by atoms with Crippen molar-refractivity contribution in [2.24, 2.45) is 5.73 Å². The number of nitrogens with one attached hydrogen (secondary N) is 1. The van der Waals surface area contributed by atoms with Gasteiger partial charge in [0.2, 0.25) is 0 Å². The largest absolute Gasteiger partial charge is 0.392 e. The molecule has 78 valence electrons. The normalized spacial score (nSPS) is 14.8. The van der Waals surface area contributed by atoms with Crippen LogP contribution in [0.25, 0.3) is 0 Å². The van der Waals surface area contributed by atoms with Crippen molar-refractivity contribution in [3.63, 3.8) is 0 Å². The Balaban J connectivity index is 2.36. The van der Waals surface area contributed by atoms with Gasteiger partial charge in [0.05, 0.1) is 24.0 Å². The minimum Gasteiger partial charge on any atom is -0.392 e. The van der Waals surface area contributed by atoms with Gasteiger partial charge in [0, 0.05) is 12.6 Å². The van der Waals surface area contributed by atoms with E-state index in [1.54, 1.807) is 6.92 Å². The molecule has 0 aromatic carbocycles. The Morgan fingerprint density at radius 3 is 3.07 bits per heavy atom. The van der Waals surface area contributed by atoms with Gasteiger partial charge in [-0.3, -0.25) is 4.79 Å². The third-order valence-corrected chi connectivity index (χ3v) is 2.19. The van der Waals surface area contributed by atoms with Crippen molar-refractivity contribution in [1.29, 1.82) is 0 Å². The summed E-state index contributed by atoms with van der Waals surface area (Å²) >= 11 is 0.967. The van der Waals surface area contributed by atoms with Crippen LogP contribution in [0.5, 0.6) is 0 Å². The van der Waals surface area contributed by atoms with Crippen molar-refractivity contribution in [3.8, 4) is 0 Å². The molecule has 0 fully saturated rings. The van der Waals surface area contributed by atoms with Crippen LogP contribution in [0.3, 0.4) is 0 Å². The second-order valence-electron chi connectivity index (χ2n) is 2.91. The fraction of sp³-hybridized carbons (Fsp3) is 0.571. The molecule has 0 bridgehead atoms. The third kappa shape index (κ3) is 3.02. The van der Waals surface area contributed by atoms with Crippen molar-refractivity contribution in [3.05, 3.63) is 11.9 Å². The van der Waals surface area contributed by atoms with Gasteiger partial charge in [0.1, 0.15) is 0 Å². The number of rotatable bonds is 4. The van der Waals surface area contributed by atoms with E-state index in [1.807, 2.05) is 0 Å².